The molecule has 0 aliphatic carbocycles. The van der Waals surface area contributed by atoms with E-state index in [2.05, 4.69) is 125 Å². The molecule has 33 heavy (non-hydrogen) atoms. The van der Waals surface area contributed by atoms with Crippen LogP contribution in [0.3, 0.4) is 0 Å². The monoisotopic (exact) mass is 440 g/mol. The predicted molar refractivity (Wildman–Crippen MR) is 143 cm³/mol. The quantitative estimate of drug-likeness (QED) is 0.290. The number of para-hydroxylation sites is 2. The van der Waals surface area contributed by atoms with Crippen LogP contribution in [0.2, 0.25) is 0 Å². The molecule has 7 rings (SSSR count). The van der Waals surface area contributed by atoms with Gasteiger partial charge in [0, 0.05) is 37.6 Å². The van der Waals surface area contributed by atoms with E-state index in [0.29, 0.717) is 0 Å². The van der Waals surface area contributed by atoms with Crippen LogP contribution in [0.15, 0.2) is 115 Å². The molecule has 2 nitrogen and oxygen atoms in total. The van der Waals surface area contributed by atoms with E-state index in [9.17, 15) is 0 Å². The molecule has 1 N–H and O–H groups in total. The van der Waals surface area contributed by atoms with E-state index in [0.717, 1.165) is 11.4 Å². The summed E-state index contributed by atoms with van der Waals surface area (Å²) in [5.74, 6) is 0. The van der Waals surface area contributed by atoms with Crippen LogP contribution >= 0.6 is 11.3 Å². The lowest BCUT2D eigenvalue weighted by molar-refractivity contribution is 1.18. The Morgan fingerprint density at radius 1 is 0.545 bits per heavy atom. The zero-order valence-corrected chi connectivity index (χ0v) is 18.6. The van der Waals surface area contributed by atoms with Crippen molar-refractivity contribution in [2.45, 2.75) is 0 Å². The van der Waals surface area contributed by atoms with Crippen molar-refractivity contribution in [3.8, 4) is 5.69 Å². The summed E-state index contributed by atoms with van der Waals surface area (Å²) in [6, 6.07) is 41.1. The second-order valence-electron chi connectivity index (χ2n) is 8.33. The Morgan fingerprint density at radius 3 is 2.18 bits per heavy atom. The maximum atomic E-state index is 3.71. The number of hydrogen-bond donors (Lipinski definition) is 1. The Hall–Kier alpha value is -4.08. The maximum Gasteiger partial charge on any atom is 0.0590 e. The van der Waals surface area contributed by atoms with Gasteiger partial charge in [0.1, 0.15) is 0 Å². The number of fused-ring (bicyclic) bond motifs is 6. The normalized spacial score (nSPS) is 11.6. The van der Waals surface area contributed by atoms with E-state index in [-0.39, 0.29) is 0 Å². The first-order valence-corrected chi connectivity index (χ1v) is 11.9. The van der Waals surface area contributed by atoms with Crippen LogP contribution in [-0.4, -0.2) is 4.57 Å². The molecule has 0 saturated heterocycles. The molecule has 0 radical (unpaired) electrons. The number of hydrogen-bond acceptors (Lipinski definition) is 2. The average Bonchev–Trinajstić information content (AvgIpc) is 3.41. The molecule has 0 saturated carbocycles. The minimum atomic E-state index is 1.10. The molecule has 0 amide bonds. The van der Waals surface area contributed by atoms with Crippen molar-refractivity contribution in [3.63, 3.8) is 0 Å². The third-order valence-electron chi connectivity index (χ3n) is 6.37. The molecule has 156 valence electrons. The summed E-state index contributed by atoms with van der Waals surface area (Å²) < 4.78 is 4.97. The number of benzene rings is 5. The first-order chi connectivity index (χ1) is 16.4. The van der Waals surface area contributed by atoms with Gasteiger partial charge in [-0.3, -0.25) is 0 Å². The number of nitrogens with one attached hydrogen (secondary N) is 1. The number of nitrogens with zero attached hydrogens (tertiary/aromatic N) is 1. The van der Waals surface area contributed by atoms with Crippen molar-refractivity contribution < 1.29 is 0 Å². The fourth-order valence-electron chi connectivity index (χ4n) is 4.91. The molecule has 0 unspecified atom stereocenters. The Morgan fingerprint density at radius 2 is 1.27 bits per heavy atom. The minimum absolute atomic E-state index is 1.10. The van der Waals surface area contributed by atoms with Crippen molar-refractivity contribution in [1.29, 1.82) is 0 Å². The molecule has 0 spiro atoms. The van der Waals surface area contributed by atoms with Crippen LogP contribution in [0.4, 0.5) is 11.4 Å². The van der Waals surface area contributed by atoms with Crippen LogP contribution in [0.25, 0.3) is 47.7 Å². The maximum absolute atomic E-state index is 3.71. The molecular formula is C30H20N2S. The summed E-state index contributed by atoms with van der Waals surface area (Å²) >= 11 is 1.85. The van der Waals surface area contributed by atoms with Gasteiger partial charge in [-0.25, -0.2) is 0 Å². The SMILES string of the molecule is c1ccc(-n2c3ccccc3c3cc(Nc4cccc5c4sc4ccccc45)ccc32)cc1. The van der Waals surface area contributed by atoms with Gasteiger partial charge in [0.25, 0.3) is 0 Å². The van der Waals surface area contributed by atoms with Crippen molar-refractivity contribution >= 4 is 64.7 Å². The van der Waals surface area contributed by atoms with Gasteiger partial charge in [0.05, 0.1) is 21.4 Å². The van der Waals surface area contributed by atoms with Gasteiger partial charge in [-0.1, -0.05) is 66.7 Å². The lowest BCUT2D eigenvalue weighted by atomic mass is 10.1. The van der Waals surface area contributed by atoms with E-state index in [4.69, 9.17) is 0 Å². The standard InChI is InChI=1S/C30H20N2S/c1-2-9-21(10-3-1)32-27-15-6-4-11-22(27)25-19-20(17-18-28(25)32)31-26-14-8-13-24-23-12-5-7-16-29(23)33-30(24)26/h1-19,31H. The molecule has 5 aromatic carbocycles. The summed E-state index contributed by atoms with van der Waals surface area (Å²) in [5, 5.41) is 8.86. The molecule has 0 fully saturated rings. The zero-order valence-electron chi connectivity index (χ0n) is 17.8. The molecule has 0 bridgehead atoms. The Labute approximate surface area is 195 Å². The van der Waals surface area contributed by atoms with Gasteiger partial charge >= 0.3 is 0 Å². The number of aromatic nitrogens is 1. The van der Waals surface area contributed by atoms with Crippen LogP contribution in [0, 0.1) is 0 Å². The Bertz CT molecular complexity index is 1790. The summed E-state index contributed by atoms with van der Waals surface area (Å²) in [6.45, 7) is 0. The van der Waals surface area contributed by atoms with Gasteiger partial charge in [0.15, 0.2) is 0 Å². The third kappa shape index (κ3) is 2.86. The van der Waals surface area contributed by atoms with E-state index in [1.54, 1.807) is 0 Å². The lowest BCUT2D eigenvalue weighted by Gasteiger charge is -2.10. The molecule has 3 heteroatoms. The van der Waals surface area contributed by atoms with Gasteiger partial charge < -0.3 is 9.88 Å². The van der Waals surface area contributed by atoms with Crippen LogP contribution < -0.4 is 5.32 Å². The van der Waals surface area contributed by atoms with Crippen LogP contribution in [0.5, 0.6) is 0 Å². The fourth-order valence-corrected chi connectivity index (χ4v) is 6.08. The van der Waals surface area contributed by atoms with Crippen LogP contribution in [-0.2, 0) is 0 Å². The molecular weight excluding hydrogens is 420 g/mol. The van der Waals surface area contributed by atoms with Crippen molar-refractivity contribution in [3.05, 3.63) is 115 Å². The van der Waals surface area contributed by atoms with Crippen molar-refractivity contribution in [2.24, 2.45) is 0 Å². The van der Waals surface area contributed by atoms with E-state index >= 15 is 0 Å². The fraction of sp³-hybridized carbons (Fsp3) is 0. The average molecular weight is 441 g/mol. The van der Waals surface area contributed by atoms with E-state index < -0.39 is 0 Å². The topological polar surface area (TPSA) is 17.0 Å². The Kier molecular flexibility index (Phi) is 4.05. The lowest BCUT2D eigenvalue weighted by Crippen LogP contribution is -1.93. The van der Waals surface area contributed by atoms with E-state index in [1.807, 2.05) is 11.3 Å². The smallest absolute Gasteiger partial charge is 0.0590 e. The molecule has 2 aromatic heterocycles. The van der Waals surface area contributed by atoms with Crippen LogP contribution in [0.1, 0.15) is 0 Å². The molecule has 0 aliphatic rings. The van der Waals surface area contributed by atoms with Gasteiger partial charge in [-0.2, -0.15) is 0 Å². The highest BCUT2D eigenvalue weighted by Gasteiger charge is 2.13. The first kappa shape index (κ1) is 18.5. The number of thiophene rings is 1. The van der Waals surface area contributed by atoms with Crippen molar-refractivity contribution in [1.82, 2.24) is 4.57 Å². The predicted octanol–water partition coefficient (Wildman–Crippen LogP) is 8.90. The van der Waals surface area contributed by atoms with E-state index in [1.165, 1.54) is 47.7 Å². The van der Waals surface area contributed by atoms with Gasteiger partial charge in [-0.05, 0) is 48.5 Å². The molecule has 7 aromatic rings. The highest BCUT2D eigenvalue weighted by Crippen LogP contribution is 2.40. The minimum Gasteiger partial charge on any atom is -0.354 e. The molecule has 0 aliphatic heterocycles. The summed E-state index contributed by atoms with van der Waals surface area (Å²) in [5.41, 5.74) is 5.87. The van der Waals surface area contributed by atoms with Gasteiger partial charge in [0.2, 0.25) is 0 Å². The number of rotatable bonds is 3. The highest BCUT2D eigenvalue weighted by atomic mass is 32.1. The largest absolute Gasteiger partial charge is 0.354 e. The highest BCUT2D eigenvalue weighted by molar-refractivity contribution is 7.26. The molecule has 0 atom stereocenters. The van der Waals surface area contributed by atoms with Crippen molar-refractivity contribution in [2.75, 3.05) is 5.32 Å². The number of anilines is 2. The van der Waals surface area contributed by atoms with Gasteiger partial charge in [-0.15, -0.1) is 11.3 Å². The summed E-state index contributed by atoms with van der Waals surface area (Å²) in [7, 11) is 0. The Balaban J connectivity index is 1.41. The third-order valence-corrected chi connectivity index (χ3v) is 7.59. The summed E-state index contributed by atoms with van der Waals surface area (Å²) in [4.78, 5) is 0. The zero-order chi connectivity index (χ0) is 21.8. The molecule has 2 heterocycles. The summed E-state index contributed by atoms with van der Waals surface area (Å²) in [6.07, 6.45) is 0. The second-order valence-corrected chi connectivity index (χ2v) is 9.38. The second kappa shape index (κ2) is 7.22. The first-order valence-electron chi connectivity index (χ1n) is 11.1.